The Morgan fingerprint density at radius 2 is 2.09 bits per heavy atom. The molecule has 2 aliphatic carbocycles. The van der Waals surface area contributed by atoms with E-state index in [1.54, 1.807) is 25.6 Å². The summed E-state index contributed by atoms with van der Waals surface area (Å²) in [5.74, 6) is 0.642. The Morgan fingerprint density at radius 3 is 2.91 bits per heavy atom. The maximum Gasteiger partial charge on any atom is 0.317 e. The number of para-hydroxylation sites is 1. The van der Waals surface area contributed by atoms with Gasteiger partial charge in [-0.25, -0.2) is 4.98 Å². The quantitative estimate of drug-likeness (QED) is 0.364. The fourth-order valence-electron chi connectivity index (χ4n) is 4.74. The average Bonchev–Trinajstić information content (AvgIpc) is 3.78. The normalized spacial score (nSPS) is 20.1. The van der Waals surface area contributed by atoms with Crippen molar-refractivity contribution in [3.8, 4) is 23.0 Å². The minimum atomic E-state index is -0.115. The molecule has 2 saturated carbocycles. The molecule has 4 aromatic rings. The Morgan fingerprint density at radius 1 is 1.20 bits per heavy atom. The Bertz CT molecular complexity index is 1510. The smallest absolute Gasteiger partial charge is 0.317 e. The van der Waals surface area contributed by atoms with E-state index in [4.69, 9.17) is 26.1 Å². The van der Waals surface area contributed by atoms with Crippen molar-refractivity contribution in [3.63, 3.8) is 0 Å². The van der Waals surface area contributed by atoms with Crippen LogP contribution in [0.5, 0.6) is 11.8 Å². The first-order valence-electron chi connectivity index (χ1n) is 11.6. The standard InChI is InChI=1S/C25H21ClN6O3/c1-34-23-14(26)3-2-4-15(23)29-22-18-20(13-9-16(13)30-24(18)33)31-21(22)12-7-8-27-17-10-28-25(32-19(12)17)35-11-5-6-11/h2-4,7-8,10-11,13,16,29,31H,5-6,9H2,1H3,(H,30,33). The van der Waals surface area contributed by atoms with Crippen LogP contribution in [-0.4, -0.2) is 45.1 Å². The molecule has 9 nitrogen and oxygen atoms in total. The summed E-state index contributed by atoms with van der Waals surface area (Å²) >= 11 is 6.38. The number of halogens is 1. The number of nitrogens with zero attached hydrogens (tertiary/aromatic N) is 3. The number of nitrogens with one attached hydrogen (secondary N) is 3. The maximum absolute atomic E-state index is 13.2. The zero-order chi connectivity index (χ0) is 23.7. The Balaban J connectivity index is 1.43. The number of anilines is 2. The first-order valence-corrected chi connectivity index (χ1v) is 11.9. The molecule has 0 saturated heterocycles. The van der Waals surface area contributed by atoms with Crippen molar-refractivity contribution in [1.29, 1.82) is 0 Å². The third-order valence-corrected chi connectivity index (χ3v) is 6.99. The molecule has 3 N–H and O–H groups in total. The van der Waals surface area contributed by atoms with Crippen LogP contribution in [0.4, 0.5) is 11.4 Å². The number of H-pyrrole nitrogens is 1. The summed E-state index contributed by atoms with van der Waals surface area (Å²) in [6, 6.07) is 7.84. The SMILES string of the molecule is COc1c(Cl)cccc1Nc1c(-c2ccnc3cnc(OC4CC4)nc23)[nH]c2c1C(=O)NC1CC21. The molecule has 2 atom stereocenters. The Labute approximate surface area is 205 Å². The number of aromatic nitrogens is 4. The predicted molar refractivity (Wildman–Crippen MR) is 131 cm³/mol. The van der Waals surface area contributed by atoms with Gasteiger partial charge in [-0.05, 0) is 37.5 Å². The minimum Gasteiger partial charge on any atom is -0.493 e. The fourth-order valence-corrected chi connectivity index (χ4v) is 4.99. The summed E-state index contributed by atoms with van der Waals surface area (Å²) in [4.78, 5) is 30.2. The van der Waals surface area contributed by atoms with Gasteiger partial charge in [0.1, 0.15) is 17.1 Å². The largest absolute Gasteiger partial charge is 0.493 e. The molecule has 0 radical (unpaired) electrons. The van der Waals surface area contributed by atoms with Gasteiger partial charge in [-0.2, -0.15) is 4.98 Å². The molecule has 2 unspecified atom stereocenters. The van der Waals surface area contributed by atoms with Crippen molar-refractivity contribution < 1.29 is 14.3 Å². The molecule has 2 fully saturated rings. The van der Waals surface area contributed by atoms with Gasteiger partial charge in [0, 0.05) is 29.4 Å². The first kappa shape index (κ1) is 20.5. The van der Waals surface area contributed by atoms with Crippen LogP contribution in [-0.2, 0) is 0 Å². The molecule has 35 heavy (non-hydrogen) atoms. The second kappa shape index (κ2) is 7.58. The molecule has 1 amide bonds. The number of methoxy groups -OCH3 is 1. The summed E-state index contributed by atoms with van der Waals surface area (Å²) in [5, 5.41) is 7.01. The van der Waals surface area contributed by atoms with Gasteiger partial charge in [0.15, 0.2) is 5.75 Å². The average molecular weight is 489 g/mol. The third kappa shape index (κ3) is 3.37. The van der Waals surface area contributed by atoms with Crippen molar-refractivity contribution in [3.05, 3.63) is 52.9 Å². The minimum absolute atomic E-state index is 0.115. The van der Waals surface area contributed by atoms with Crippen LogP contribution in [0.25, 0.3) is 22.3 Å². The number of amides is 1. The number of carbonyl (C=O) groups excluding carboxylic acids is 1. The molecular weight excluding hydrogens is 468 g/mol. The summed E-state index contributed by atoms with van der Waals surface area (Å²) in [6.07, 6.45) is 6.50. The Kier molecular flexibility index (Phi) is 4.44. The van der Waals surface area contributed by atoms with E-state index in [2.05, 4.69) is 25.6 Å². The van der Waals surface area contributed by atoms with Crippen LogP contribution < -0.4 is 20.1 Å². The molecule has 3 aromatic heterocycles. The molecular formula is C25H21ClN6O3. The highest BCUT2D eigenvalue weighted by Gasteiger charge is 2.48. The Hall–Kier alpha value is -3.85. The van der Waals surface area contributed by atoms with E-state index in [1.807, 2.05) is 18.2 Å². The number of rotatable bonds is 6. The van der Waals surface area contributed by atoms with Crippen LogP contribution >= 0.6 is 11.6 Å². The van der Waals surface area contributed by atoms with E-state index in [1.165, 1.54) is 0 Å². The summed E-state index contributed by atoms with van der Waals surface area (Å²) in [5.41, 5.74) is 5.62. The monoisotopic (exact) mass is 488 g/mol. The van der Waals surface area contributed by atoms with Gasteiger partial charge in [-0.1, -0.05) is 17.7 Å². The van der Waals surface area contributed by atoms with Crippen LogP contribution in [0, 0.1) is 0 Å². The number of hydrogen-bond donors (Lipinski definition) is 3. The molecule has 1 aromatic carbocycles. The molecule has 176 valence electrons. The highest BCUT2D eigenvalue weighted by molar-refractivity contribution is 6.32. The van der Waals surface area contributed by atoms with Gasteiger partial charge in [-0.15, -0.1) is 0 Å². The second-order valence-electron chi connectivity index (χ2n) is 9.09. The van der Waals surface area contributed by atoms with Gasteiger partial charge in [0.2, 0.25) is 0 Å². The van der Waals surface area contributed by atoms with Crippen LogP contribution in [0.2, 0.25) is 5.02 Å². The lowest BCUT2D eigenvalue weighted by atomic mass is 10.0. The highest BCUT2D eigenvalue weighted by Crippen LogP contribution is 2.50. The van der Waals surface area contributed by atoms with Crippen molar-refractivity contribution in [2.75, 3.05) is 12.4 Å². The maximum atomic E-state index is 13.2. The van der Waals surface area contributed by atoms with E-state index in [-0.39, 0.29) is 24.0 Å². The van der Waals surface area contributed by atoms with Crippen LogP contribution in [0.1, 0.15) is 41.2 Å². The number of ether oxygens (including phenoxy) is 2. The van der Waals surface area contributed by atoms with Gasteiger partial charge in [-0.3, -0.25) is 9.78 Å². The summed E-state index contributed by atoms with van der Waals surface area (Å²) in [6.45, 7) is 0. The lowest BCUT2D eigenvalue weighted by molar-refractivity contribution is 0.0944. The van der Waals surface area contributed by atoms with Crippen LogP contribution in [0.15, 0.2) is 36.7 Å². The fraction of sp³-hybridized carbons (Fsp3) is 0.280. The third-order valence-electron chi connectivity index (χ3n) is 6.69. The van der Waals surface area contributed by atoms with Crippen molar-refractivity contribution in [2.24, 2.45) is 0 Å². The molecule has 10 heteroatoms. The van der Waals surface area contributed by atoms with Crippen molar-refractivity contribution in [1.82, 2.24) is 25.3 Å². The second-order valence-corrected chi connectivity index (χ2v) is 9.50. The van der Waals surface area contributed by atoms with E-state index in [0.29, 0.717) is 44.8 Å². The van der Waals surface area contributed by atoms with Crippen LogP contribution in [0.3, 0.4) is 0 Å². The molecule has 1 aliphatic heterocycles. The zero-order valence-electron chi connectivity index (χ0n) is 18.8. The number of benzene rings is 1. The predicted octanol–water partition coefficient (Wildman–Crippen LogP) is 4.57. The number of pyridine rings is 1. The van der Waals surface area contributed by atoms with E-state index in [0.717, 1.165) is 36.2 Å². The van der Waals surface area contributed by atoms with Gasteiger partial charge in [0.05, 0.1) is 41.0 Å². The molecule has 3 aliphatic rings. The van der Waals surface area contributed by atoms with E-state index < -0.39 is 0 Å². The topological polar surface area (TPSA) is 114 Å². The number of hydrogen-bond acceptors (Lipinski definition) is 7. The zero-order valence-corrected chi connectivity index (χ0v) is 19.5. The van der Waals surface area contributed by atoms with E-state index >= 15 is 0 Å². The van der Waals surface area contributed by atoms with Crippen molar-refractivity contribution >= 4 is 39.9 Å². The summed E-state index contributed by atoms with van der Waals surface area (Å²) < 4.78 is 11.4. The van der Waals surface area contributed by atoms with E-state index in [9.17, 15) is 4.79 Å². The highest BCUT2D eigenvalue weighted by atomic mass is 35.5. The van der Waals surface area contributed by atoms with Gasteiger partial charge >= 0.3 is 6.01 Å². The lowest BCUT2D eigenvalue weighted by Crippen LogP contribution is -2.31. The molecule has 4 heterocycles. The molecule has 7 rings (SSSR count). The number of carbonyl (C=O) groups is 1. The molecule has 0 bridgehead atoms. The molecule has 0 spiro atoms. The number of fused-ring (bicyclic) bond motifs is 4. The summed E-state index contributed by atoms with van der Waals surface area (Å²) in [7, 11) is 1.57. The van der Waals surface area contributed by atoms with Gasteiger partial charge < -0.3 is 25.1 Å². The lowest BCUT2D eigenvalue weighted by Gasteiger charge is -2.17. The number of aromatic amines is 1. The van der Waals surface area contributed by atoms with Gasteiger partial charge in [0.25, 0.3) is 5.91 Å². The van der Waals surface area contributed by atoms with Crippen molar-refractivity contribution in [2.45, 2.75) is 37.3 Å². The first-order chi connectivity index (χ1) is 17.1.